The van der Waals surface area contributed by atoms with Gasteiger partial charge in [0, 0.05) is 58.4 Å². The van der Waals surface area contributed by atoms with E-state index in [1.165, 1.54) is 29.5 Å². The zero-order valence-electron chi connectivity index (χ0n) is 21.4. The van der Waals surface area contributed by atoms with Crippen molar-refractivity contribution in [3.05, 3.63) is 87.6 Å². The molecule has 8 nitrogen and oxygen atoms in total. The highest BCUT2D eigenvalue weighted by Gasteiger charge is 2.26. The van der Waals surface area contributed by atoms with Gasteiger partial charge < -0.3 is 15.5 Å². The first-order valence-electron chi connectivity index (χ1n) is 12.7. The van der Waals surface area contributed by atoms with E-state index in [1.54, 1.807) is 16.5 Å². The summed E-state index contributed by atoms with van der Waals surface area (Å²) in [6.07, 6.45) is 1.66. The second-order valence-electron chi connectivity index (χ2n) is 9.61. The van der Waals surface area contributed by atoms with E-state index in [4.69, 9.17) is 4.98 Å². The number of rotatable bonds is 5. The maximum Gasteiger partial charge on any atom is 0.273 e. The monoisotopic (exact) mass is 671 g/mol. The van der Waals surface area contributed by atoms with Gasteiger partial charge in [-0.3, -0.25) is 9.79 Å². The quantitative estimate of drug-likeness (QED) is 0.220. The second kappa shape index (κ2) is 11.3. The number of halogens is 3. The summed E-state index contributed by atoms with van der Waals surface area (Å²) < 4.78 is 30.5. The number of alkyl halides is 1. The average molecular weight is 672 g/mol. The number of thiazole rings is 1. The molecule has 204 valence electrons. The number of carbonyl (C=O) groups excluding carboxylic acids is 1. The molecule has 1 atom stereocenters. The second-order valence-corrected chi connectivity index (χ2v) is 11.2. The van der Waals surface area contributed by atoms with Crippen LogP contribution in [0.1, 0.15) is 39.7 Å². The van der Waals surface area contributed by atoms with Gasteiger partial charge in [0.15, 0.2) is 5.13 Å². The van der Waals surface area contributed by atoms with Gasteiger partial charge >= 0.3 is 0 Å². The maximum atomic E-state index is 14.9. The largest absolute Gasteiger partial charge is 0.334 e. The molecule has 2 aromatic carbocycles. The van der Waals surface area contributed by atoms with Gasteiger partial charge in [-0.1, -0.05) is 40.8 Å². The number of amides is 1. The zero-order valence-corrected chi connectivity index (χ0v) is 24.4. The third kappa shape index (κ3) is 5.22. The molecule has 0 spiro atoms. The van der Waals surface area contributed by atoms with E-state index in [0.29, 0.717) is 46.7 Å². The van der Waals surface area contributed by atoms with E-state index in [0.717, 1.165) is 22.1 Å². The minimum Gasteiger partial charge on any atom is -0.334 e. The fraction of sp³-hybridized carbons (Fsp3) is 0.250. The molecule has 12 heteroatoms. The molecule has 0 radical (unpaired) electrons. The standard InChI is InChI=1S/C28H24F2IN7OS/c1-15-13-38(8-7-32-15)26(39)22-14-40-28(35-22)37-27-34-12-17-11-33-25(23-20(29)3-2-4-21(23)30)19-9-16(10-31)5-6-18(19)24(17)36-27/h2-6,9,12,14-15,32H,7-8,10-11,13H2,1H3,(H,34,35,36,37)/t15-/m1/s1. The minimum atomic E-state index is -0.673. The topological polar surface area (TPSA) is 95.4 Å². The summed E-state index contributed by atoms with van der Waals surface area (Å²) in [4.78, 5) is 33.1. The summed E-state index contributed by atoms with van der Waals surface area (Å²) in [6.45, 7) is 4.22. The van der Waals surface area contributed by atoms with Crippen molar-refractivity contribution in [3.8, 4) is 11.3 Å². The molecule has 1 saturated heterocycles. The zero-order chi connectivity index (χ0) is 27.8. The van der Waals surface area contributed by atoms with Crippen molar-refractivity contribution in [2.45, 2.75) is 23.9 Å². The van der Waals surface area contributed by atoms with Gasteiger partial charge in [-0.05, 0) is 30.7 Å². The third-order valence-electron chi connectivity index (χ3n) is 6.82. The number of hydrogen-bond donors (Lipinski definition) is 2. The number of nitrogens with one attached hydrogen (secondary N) is 2. The van der Waals surface area contributed by atoms with Crippen LogP contribution in [-0.2, 0) is 11.0 Å². The van der Waals surface area contributed by atoms with Crippen LogP contribution >= 0.6 is 33.9 Å². The molecular weight excluding hydrogens is 647 g/mol. The number of piperazine rings is 1. The van der Waals surface area contributed by atoms with Crippen LogP contribution in [0.3, 0.4) is 0 Å². The average Bonchev–Trinajstić information content (AvgIpc) is 3.36. The van der Waals surface area contributed by atoms with Gasteiger partial charge in [-0.2, -0.15) is 0 Å². The molecule has 0 saturated carbocycles. The van der Waals surface area contributed by atoms with Crippen LogP contribution in [0.25, 0.3) is 11.3 Å². The fourth-order valence-corrected chi connectivity index (χ4v) is 6.04. The van der Waals surface area contributed by atoms with Crippen molar-refractivity contribution in [2.24, 2.45) is 4.99 Å². The maximum absolute atomic E-state index is 14.9. The molecule has 1 amide bonds. The predicted molar refractivity (Wildman–Crippen MR) is 160 cm³/mol. The van der Waals surface area contributed by atoms with Crippen molar-refractivity contribution in [2.75, 3.05) is 25.0 Å². The van der Waals surface area contributed by atoms with Crippen molar-refractivity contribution >= 4 is 56.6 Å². The first kappa shape index (κ1) is 26.8. The molecule has 2 aliphatic heterocycles. The molecule has 0 bridgehead atoms. The molecule has 2 aliphatic rings. The molecule has 2 N–H and O–H groups in total. The summed E-state index contributed by atoms with van der Waals surface area (Å²) >= 11 is 3.55. The summed E-state index contributed by atoms with van der Waals surface area (Å²) in [7, 11) is 0. The minimum absolute atomic E-state index is 0.106. The number of fused-ring (bicyclic) bond motifs is 3. The number of anilines is 2. The van der Waals surface area contributed by atoms with Crippen molar-refractivity contribution < 1.29 is 13.6 Å². The van der Waals surface area contributed by atoms with Gasteiger partial charge in [0.1, 0.15) is 17.3 Å². The highest BCUT2D eigenvalue weighted by molar-refractivity contribution is 14.1. The molecular formula is C28H24F2IN7OS. The Morgan fingerprint density at radius 3 is 2.80 bits per heavy atom. The summed E-state index contributed by atoms with van der Waals surface area (Å²) in [5, 5.41) is 8.67. The molecule has 4 heterocycles. The molecule has 2 aromatic heterocycles. The molecule has 40 heavy (non-hydrogen) atoms. The number of hydrogen-bond acceptors (Lipinski definition) is 8. The van der Waals surface area contributed by atoms with E-state index in [1.807, 2.05) is 25.1 Å². The lowest BCUT2D eigenvalue weighted by Gasteiger charge is -2.31. The van der Waals surface area contributed by atoms with Crippen LogP contribution in [0.5, 0.6) is 0 Å². The smallest absolute Gasteiger partial charge is 0.273 e. The van der Waals surface area contributed by atoms with Crippen LogP contribution in [0.15, 0.2) is 53.0 Å². The van der Waals surface area contributed by atoms with Crippen LogP contribution < -0.4 is 10.6 Å². The van der Waals surface area contributed by atoms with Gasteiger partial charge in [0.25, 0.3) is 5.91 Å². The van der Waals surface area contributed by atoms with Crippen molar-refractivity contribution in [3.63, 3.8) is 0 Å². The number of carbonyl (C=O) groups is 1. The molecule has 4 aromatic rings. The van der Waals surface area contributed by atoms with E-state index in [9.17, 15) is 13.6 Å². The molecule has 0 aliphatic carbocycles. The van der Waals surface area contributed by atoms with Crippen LogP contribution in [0.4, 0.5) is 19.9 Å². The van der Waals surface area contributed by atoms with E-state index < -0.39 is 11.6 Å². The third-order valence-corrected chi connectivity index (χ3v) is 8.46. The first-order chi connectivity index (χ1) is 19.4. The molecule has 0 unspecified atom stereocenters. The summed E-state index contributed by atoms with van der Waals surface area (Å²) in [6, 6.07) is 9.84. The number of aliphatic imine (C=N–C) groups is 1. The van der Waals surface area contributed by atoms with Gasteiger partial charge in [0.2, 0.25) is 5.95 Å². The normalized spacial score (nSPS) is 16.6. The summed E-state index contributed by atoms with van der Waals surface area (Å²) in [5.41, 5.74) is 4.11. The Morgan fingerprint density at radius 2 is 2.02 bits per heavy atom. The van der Waals surface area contributed by atoms with Crippen molar-refractivity contribution in [1.29, 1.82) is 0 Å². The number of benzene rings is 2. The number of aromatic nitrogens is 3. The van der Waals surface area contributed by atoms with E-state index >= 15 is 0 Å². The van der Waals surface area contributed by atoms with Crippen LogP contribution in [-0.4, -0.2) is 57.1 Å². The van der Waals surface area contributed by atoms with Crippen LogP contribution in [0, 0.1) is 11.6 Å². The van der Waals surface area contributed by atoms with E-state index in [-0.39, 0.29) is 29.8 Å². The van der Waals surface area contributed by atoms with E-state index in [2.05, 4.69) is 48.2 Å². The highest BCUT2D eigenvalue weighted by Crippen LogP contribution is 2.34. The number of nitrogens with zero attached hydrogens (tertiary/aromatic N) is 5. The summed E-state index contributed by atoms with van der Waals surface area (Å²) in [5.74, 6) is -1.15. The predicted octanol–water partition coefficient (Wildman–Crippen LogP) is 5.34. The highest BCUT2D eigenvalue weighted by atomic mass is 127. The molecule has 1 fully saturated rings. The first-order valence-corrected chi connectivity index (χ1v) is 15.1. The van der Waals surface area contributed by atoms with Gasteiger partial charge in [-0.15, -0.1) is 11.3 Å². The van der Waals surface area contributed by atoms with Crippen molar-refractivity contribution in [1.82, 2.24) is 25.2 Å². The SMILES string of the molecule is C[C@@H]1CN(C(=O)c2csc(Nc3ncc4c(n3)-c3ccc(CI)cc3C(c3c(F)cccc3F)=NC4)n2)CCN1. The lowest BCUT2D eigenvalue weighted by atomic mass is 9.93. The van der Waals surface area contributed by atoms with Crippen LogP contribution in [0.2, 0.25) is 0 Å². The lowest BCUT2D eigenvalue weighted by Crippen LogP contribution is -2.51. The lowest BCUT2D eigenvalue weighted by molar-refractivity contribution is 0.0704. The molecule has 6 rings (SSSR count). The Hall–Kier alpha value is -3.36. The fourth-order valence-electron chi connectivity index (χ4n) is 4.88. The Kier molecular flexibility index (Phi) is 7.55. The van der Waals surface area contributed by atoms with Gasteiger partial charge in [-0.25, -0.2) is 23.7 Å². The Labute approximate surface area is 247 Å². The Balaban J connectivity index is 1.33. The Morgan fingerprint density at radius 1 is 1.20 bits per heavy atom. The van der Waals surface area contributed by atoms with Gasteiger partial charge in [0.05, 0.1) is 23.5 Å². The Bertz CT molecular complexity index is 1620.